The molecule has 0 spiro atoms. The van der Waals surface area contributed by atoms with E-state index in [0.29, 0.717) is 11.3 Å². The van der Waals surface area contributed by atoms with E-state index in [1.807, 2.05) is 13.0 Å². The Kier molecular flexibility index (Phi) is 1.96. The molecule has 1 heterocycles. The summed E-state index contributed by atoms with van der Waals surface area (Å²) < 4.78 is 0.878. The summed E-state index contributed by atoms with van der Waals surface area (Å²) in [5.41, 5.74) is 2.05. The van der Waals surface area contributed by atoms with Crippen molar-refractivity contribution < 1.29 is 9.59 Å². The fourth-order valence-electron chi connectivity index (χ4n) is 1.65. The molecule has 1 aromatic rings. The third-order valence-corrected chi connectivity index (χ3v) is 2.82. The summed E-state index contributed by atoms with van der Waals surface area (Å²) in [6, 6.07) is 3.62. The van der Waals surface area contributed by atoms with Gasteiger partial charge in [0.2, 0.25) is 0 Å². The van der Waals surface area contributed by atoms with Crippen molar-refractivity contribution in [2.75, 3.05) is 11.9 Å². The fraction of sp³-hybridized carbons (Fsp3) is 0.200. The SMILES string of the molecule is Cc1cc(Br)cc2c1C(=O)C(=O)N2C. The van der Waals surface area contributed by atoms with Gasteiger partial charge < -0.3 is 4.90 Å². The number of aryl methyl sites for hydroxylation is 1. The zero-order chi connectivity index (χ0) is 10.5. The molecular formula is C10H8BrNO2. The highest BCUT2D eigenvalue weighted by Gasteiger charge is 2.34. The van der Waals surface area contributed by atoms with Crippen molar-refractivity contribution in [2.45, 2.75) is 6.92 Å². The summed E-state index contributed by atoms with van der Waals surface area (Å²) in [5.74, 6) is -0.867. The number of amides is 1. The van der Waals surface area contributed by atoms with E-state index in [2.05, 4.69) is 15.9 Å². The lowest BCUT2D eigenvalue weighted by Gasteiger charge is -2.09. The molecule has 0 atom stereocenters. The molecule has 0 aliphatic carbocycles. The molecule has 14 heavy (non-hydrogen) atoms. The summed E-state index contributed by atoms with van der Waals surface area (Å²) in [7, 11) is 1.61. The first-order valence-electron chi connectivity index (χ1n) is 4.15. The Hall–Kier alpha value is -1.16. The molecule has 0 N–H and O–H groups in total. The first-order chi connectivity index (χ1) is 6.52. The van der Waals surface area contributed by atoms with Crippen LogP contribution in [0.25, 0.3) is 0 Å². The standard InChI is InChI=1S/C10H8BrNO2/c1-5-3-6(11)4-7-8(5)9(13)10(14)12(7)2/h3-4H,1-2H3. The van der Waals surface area contributed by atoms with Crippen LogP contribution in [0.2, 0.25) is 0 Å². The topological polar surface area (TPSA) is 37.4 Å². The van der Waals surface area contributed by atoms with Gasteiger partial charge in [0, 0.05) is 11.5 Å². The number of anilines is 1. The van der Waals surface area contributed by atoms with E-state index < -0.39 is 11.7 Å². The summed E-state index contributed by atoms with van der Waals surface area (Å²) >= 11 is 3.33. The average Bonchev–Trinajstić information content (AvgIpc) is 2.31. The van der Waals surface area contributed by atoms with Crippen molar-refractivity contribution in [1.82, 2.24) is 0 Å². The van der Waals surface area contributed by atoms with Crippen LogP contribution in [0.4, 0.5) is 5.69 Å². The molecule has 4 heteroatoms. The van der Waals surface area contributed by atoms with E-state index in [4.69, 9.17) is 0 Å². The van der Waals surface area contributed by atoms with Gasteiger partial charge in [-0.25, -0.2) is 0 Å². The molecular weight excluding hydrogens is 246 g/mol. The molecule has 0 saturated carbocycles. The molecule has 0 unspecified atom stereocenters. The van der Waals surface area contributed by atoms with Gasteiger partial charge in [-0.05, 0) is 24.6 Å². The number of likely N-dealkylation sites (N-methyl/N-ethyl adjacent to an activating group) is 1. The number of fused-ring (bicyclic) bond motifs is 1. The Bertz CT molecular complexity index is 454. The summed E-state index contributed by atoms with van der Waals surface area (Å²) in [6.07, 6.45) is 0. The van der Waals surface area contributed by atoms with Gasteiger partial charge >= 0.3 is 0 Å². The Morgan fingerprint density at radius 1 is 1.29 bits per heavy atom. The fourth-order valence-corrected chi connectivity index (χ4v) is 2.21. The maximum atomic E-state index is 11.5. The molecule has 3 nitrogen and oxygen atoms in total. The van der Waals surface area contributed by atoms with Gasteiger partial charge in [-0.1, -0.05) is 15.9 Å². The van der Waals surface area contributed by atoms with Crippen LogP contribution in [0.5, 0.6) is 0 Å². The molecule has 0 fully saturated rings. The van der Waals surface area contributed by atoms with Crippen LogP contribution in [-0.4, -0.2) is 18.7 Å². The molecule has 0 saturated heterocycles. The third-order valence-electron chi connectivity index (χ3n) is 2.37. The Morgan fingerprint density at radius 3 is 2.57 bits per heavy atom. The van der Waals surface area contributed by atoms with E-state index in [0.717, 1.165) is 10.0 Å². The number of rotatable bonds is 0. The van der Waals surface area contributed by atoms with Gasteiger partial charge in [0.15, 0.2) is 0 Å². The molecule has 2 rings (SSSR count). The molecule has 1 aromatic carbocycles. The van der Waals surface area contributed by atoms with Crippen molar-refractivity contribution >= 4 is 33.3 Å². The van der Waals surface area contributed by atoms with Crippen LogP contribution in [0, 0.1) is 6.92 Å². The normalized spacial score (nSPS) is 14.9. The number of ketones is 1. The van der Waals surface area contributed by atoms with E-state index in [-0.39, 0.29) is 0 Å². The van der Waals surface area contributed by atoms with Crippen LogP contribution in [0.1, 0.15) is 15.9 Å². The number of benzene rings is 1. The predicted molar refractivity (Wildman–Crippen MR) is 56.6 cm³/mol. The van der Waals surface area contributed by atoms with Crippen molar-refractivity contribution in [1.29, 1.82) is 0 Å². The number of Topliss-reactive ketones (excluding diaryl/α,β-unsaturated/α-hetero) is 1. The average molecular weight is 254 g/mol. The van der Waals surface area contributed by atoms with Gasteiger partial charge in [0.25, 0.3) is 11.7 Å². The largest absolute Gasteiger partial charge is 0.308 e. The second-order valence-corrected chi connectivity index (χ2v) is 4.23. The number of nitrogens with zero attached hydrogens (tertiary/aromatic N) is 1. The minimum absolute atomic E-state index is 0.410. The van der Waals surface area contributed by atoms with Crippen molar-refractivity contribution in [3.63, 3.8) is 0 Å². The maximum absolute atomic E-state index is 11.5. The molecule has 0 aromatic heterocycles. The highest BCUT2D eigenvalue weighted by atomic mass is 79.9. The van der Waals surface area contributed by atoms with Crippen LogP contribution >= 0.6 is 15.9 Å². The van der Waals surface area contributed by atoms with Gasteiger partial charge in [0.1, 0.15) is 0 Å². The monoisotopic (exact) mass is 253 g/mol. The lowest BCUT2D eigenvalue weighted by atomic mass is 10.1. The maximum Gasteiger partial charge on any atom is 0.299 e. The van der Waals surface area contributed by atoms with Gasteiger partial charge in [-0.3, -0.25) is 9.59 Å². The van der Waals surface area contributed by atoms with Crippen LogP contribution in [0.15, 0.2) is 16.6 Å². The van der Waals surface area contributed by atoms with Crippen LogP contribution < -0.4 is 4.90 Å². The smallest absolute Gasteiger partial charge is 0.299 e. The Labute approximate surface area is 89.8 Å². The lowest BCUT2D eigenvalue weighted by molar-refractivity contribution is -0.114. The number of halogens is 1. The van der Waals surface area contributed by atoms with E-state index in [9.17, 15) is 9.59 Å². The highest BCUT2D eigenvalue weighted by molar-refractivity contribution is 9.10. The zero-order valence-corrected chi connectivity index (χ0v) is 9.38. The van der Waals surface area contributed by atoms with Gasteiger partial charge in [-0.15, -0.1) is 0 Å². The first kappa shape index (κ1) is 9.40. The molecule has 0 bridgehead atoms. The number of hydrogen-bond donors (Lipinski definition) is 0. The zero-order valence-electron chi connectivity index (χ0n) is 7.80. The molecule has 72 valence electrons. The van der Waals surface area contributed by atoms with E-state index in [1.165, 1.54) is 4.90 Å². The number of carbonyl (C=O) groups is 2. The Balaban J connectivity index is 2.75. The molecule has 1 aliphatic heterocycles. The van der Waals surface area contributed by atoms with Crippen molar-refractivity contribution in [3.8, 4) is 0 Å². The predicted octanol–water partition coefficient (Wildman–Crippen LogP) is 1.92. The van der Waals surface area contributed by atoms with Crippen LogP contribution in [0.3, 0.4) is 0 Å². The first-order valence-corrected chi connectivity index (χ1v) is 4.94. The summed E-state index contributed by atoms with van der Waals surface area (Å²) in [4.78, 5) is 24.3. The molecule has 0 radical (unpaired) electrons. The minimum Gasteiger partial charge on any atom is -0.308 e. The van der Waals surface area contributed by atoms with Crippen molar-refractivity contribution in [2.24, 2.45) is 0 Å². The van der Waals surface area contributed by atoms with E-state index >= 15 is 0 Å². The quantitative estimate of drug-likeness (QED) is 0.663. The number of carbonyl (C=O) groups excluding carboxylic acids is 2. The highest BCUT2D eigenvalue weighted by Crippen LogP contribution is 2.33. The molecule has 1 amide bonds. The van der Waals surface area contributed by atoms with Crippen LogP contribution in [-0.2, 0) is 4.79 Å². The van der Waals surface area contributed by atoms with E-state index in [1.54, 1.807) is 13.1 Å². The minimum atomic E-state index is -0.457. The summed E-state index contributed by atoms with van der Waals surface area (Å²) in [5, 5.41) is 0. The second-order valence-electron chi connectivity index (χ2n) is 3.31. The van der Waals surface area contributed by atoms with Gasteiger partial charge in [0.05, 0.1) is 11.3 Å². The number of hydrogen-bond acceptors (Lipinski definition) is 2. The second kappa shape index (κ2) is 2.92. The molecule has 1 aliphatic rings. The Morgan fingerprint density at radius 2 is 1.93 bits per heavy atom. The third kappa shape index (κ3) is 1.10. The van der Waals surface area contributed by atoms with Crippen molar-refractivity contribution in [3.05, 3.63) is 27.7 Å². The summed E-state index contributed by atoms with van der Waals surface area (Å²) in [6.45, 7) is 1.83. The van der Waals surface area contributed by atoms with Gasteiger partial charge in [-0.2, -0.15) is 0 Å². The lowest BCUT2D eigenvalue weighted by Crippen LogP contribution is -2.24.